The van der Waals surface area contributed by atoms with Crippen molar-refractivity contribution in [3.8, 4) is 5.69 Å². The lowest BCUT2D eigenvalue weighted by atomic mass is 9.94. The second-order valence-corrected chi connectivity index (χ2v) is 10.8. The number of nitrogens with one attached hydrogen (secondary N) is 1. The normalized spacial score (nSPS) is 14.6. The van der Waals surface area contributed by atoms with E-state index >= 15 is 0 Å². The van der Waals surface area contributed by atoms with E-state index in [0.717, 1.165) is 20.6 Å². The van der Waals surface area contributed by atoms with Crippen LogP contribution in [0.25, 0.3) is 15.9 Å². The molecule has 1 aliphatic heterocycles. The zero-order valence-corrected chi connectivity index (χ0v) is 21.1. The quantitative estimate of drug-likeness (QED) is 0.433. The smallest absolute Gasteiger partial charge is 0.337 e. The first-order valence-corrected chi connectivity index (χ1v) is 12.4. The Morgan fingerprint density at radius 2 is 1.91 bits per heavy atom. The minimum atomic E-state index is -0.581. The van der Waals surface area contributed by atoms with Crippen LogP contribution in [0.1, 0.15) is 29.9 Å². The lowest BCUT2D eigenvalue weighted by Gasteiger charge is -2.29. The third-order valence-electron chi connectivity index (χ3n) is 6.04. The number of nitrogens with zero attached hydrogens (tertiary/aromatic N) is 2. The number of aryl methyl sites for hydroxylation is 1. The van der Waals surface area contributed by atoms with Gasteiger partial charge in [0, 0.05) is 22.0 Å². The number of carbonyl (C=O) groups is 1. The Bertz CT molecular complexity index is 1580. The molecule has 1 N–H and O–H groups in total. The highest BCUT2D eigenvalue weighted by Gasteiger charge is 2.32. The van der Waals surface area contributed by atoms with Gasteiger partial charge in [-0.2, -0.15) is 0 Å². The molecule has 2 aromatic carbocycles. The van der Waals surface area contributed by atoms with Crippen LogP contribution in [0.2, 0.25) is 5.02 Å². The molecular weight excluding hydrogens is 486 g/mol. The summed E-state index contributed by atoms with van der Waals surface area (Å²) in [6.45, 7) is 6.00. The minimum absolute atomic E-state index is 0.235. The number of rotatable bonds is 4. The highest BCUT2D eigenvalue weighted by molar-refractivity contribution is 7.18. The van der Waals surface area contributed by atoms with Crippen molar-refractivity contribution in [2.45, 2.75) is 45.9 Å². The number of amides is 1. The van der Waals surface area contributed by atoms with Crippen molar-refractivity contribution in [1.82, 2.24) is 9.13 Å². The molecule has 5 rings (SSSR count). The fourth-order valence-corrected chi connectivity index (χ4v) is 5.72. The summed E-state index contributed by atoms with van der Waals surface area (Å²) in [5, 5.41) is 3.81. The van der Waals surface area contributed by atoms with Crippen molar-refractivity contribution in [2.75, 3.05) is 5.32 Å². The predicted molar refractivity (Wildman–Crippen MR) is 139 cm³/mol. The number of anilines is 1. The molecule has 0 fully saturated rings. The van der Waals surface area contributed by atoms with Crippen molar-refractivity contribution in [1.29, 1.82) is 0 Å². The average molecular weight is 510 g/mol. The van der Waals surface area contributed by atoms with Gasteiger partial charge in [-0.15, -0.1) is 11.3 Å². The fourth-order valence-electron chi connectivity index (χ4n) is 4.38. The Labute approximate surface area is 210 Å². The molecule has 2 aromatic heterocycles. The number of fused-ring (bicyclic) bond motifs is 3. The topological polar surface area (TPSA) is 82.3 Å². The van der Waals surface area contributed by atoms with Crippen molar-refractivity contribution >= 4 is 44.7 Å². The van der Waals surface area contributed by atoms with E-state index in [9.17, 15) is 14.4 Å². The van der Waals surface area contributed by atoms with Crippen molar-refractivity contribution in [3.05, 3.63) is 90.4 Å². The first kappa shape index (κ1) is 23.5. The molecule has 0 bridgehead atoms. The molecule has 0 aliphatic carbocycles. The molecule has 0 saturated carbocycles. The number of thiophene rings is 1. The number of benzene rings is 2. The van der Waals surface area contributed by atoms with E-state index < -0.39 is 16.9 Å². The van der Waals surface area contributed by atoms with Crippen molar-refractivity contribution in [3.63, 3.8) is 0 Å². The summed E-state index contributed by atoms with van der Waals surface area (Å²) >= 11 is 7.37. The Kier molecular flexibility index (Phi) is 5.91. The first-order chi connectivity index (χ1) is 16.6. The van der Waals surface area contributed by atoms with Crippen LogP contribution in [-0.2, 0) is 29.1 Å². The molecule has 1 amide bonds. The van der Waals surface area contributed by atoms with Crippen LogP contribution >= 0.6 is 22.9 Å². The van der Waals surface area contributed by atoms with Gasteiger partial charge in [-0.25, -0.2) is 9.36 Å². The molecule has 3 heterocycles. The van der Waals surface area contributed by atoms with Gasteiger partial charge >= 0.3 is 5.69 Å². The highest BCUT2D eigenvalue weighted by Crippen LogP contribution is 2.37. The average Bonchev–Trinajstić information content (AvgIpc) is 3.15. The van der Waals surface area contributed by atoms with E-state index in [0.29, 0.717) is 39.6 Å². The predicted octanol–water partition coefficient (Wildman–Crippen LogP) is 4.67. The van der Waals surface area contributed by atoms with Gasteiger partial charge in [0.15, 0.2) is 0 Å². The van der Waals surface area contributed by atoms with Crippen molar-refractivity contribution < 1.29 is 9.53 Å². The summed E-state index contributed by atoms with van der Waals surface area (Å²) in [5.74, 6) is -0.358. The molecular formula is C26H24ClN3O4S. The maximum Gasteiger partial charge on any atom is 0.337 e. The fraction of sp³-hybridized carbons (Fsp3) is 0.269. The Morgan fingerprint density at radius 1 is 1.17 bits per heavy atom. The zero-order valence-electron chi connectivity index (χ0n) is 19.6. The molecule has 0 saturated heterocycles. The summed E-state index contributed by atoms with van der Waals surface area (Å²) in [6.07, 6.45) is 0.534. The van der Waals surface area contributed by atoms with E-state index in [1.54, 1.807) is 30.3 Å². The lowest BCUT2D eigenvalue weighted by molar-refractivity contribution is -0.116. The van der Waals surface area contributed by atoms with E-state index in [-0.39, 0.29) is 12.5 Å². The molecule has 7 nitrogen and oxygen atoms in total. The van der Waals surface area contributed by atoms with E-state index in [2.05, 4.69) is 5.32 Å². The number of carbonyl (C=O) groups excluding carboxylic acids is 1. The van der Waals surface area contributed by atoms with Crippen molar-refractivity contribution in [2.24, 2.45) is 0 Å². The number of ether oxygens (including phenoxy) is 1. The molecule has 0 spiro atoms. The van der Waals surface area contributed by atoms with Crippen LogP contribution < -0.4 is 16.6 Å². The van der Waals surface area contributed by atoms with Crippen LogP contribution in [0.5, 0.6) is 0 Å². The Hall–Kier alpha value is -3.20. The van der Waals surface area contributed by atoms with Gasteiger partial charge in [0.25, 0.3) is 5.56 Å². The Morgan fingerprint density at radius 3 is 2.63 bits per heavy atom. The van der Waals surface area contributed by atoms with Gasteiger partial charge in [0.2, 0.25) is 5.91 Å². The largest absolute Gasteiger partial charge is 0.370 e. The molecule has 0 unspecified atom stereocenters. The summed E-state index contributed by atoms with van der Waals surface area (Å²) < 4.78 is 8.45. The number of hydrogen-bond donors (Lipinski definition) is 1. The van der Waals surface area contributed by atoms with Gasteiger partial charge in [0.1, 0.15) is 11.4 Å². The molecule has 9 heteroatoms. The van der Waals surface area contributed by atoms with Crippen LogP contribution in [0.15, 0.2) is 58.1 Å². The second kappa shape index (κ2) is 8.78. The molecule has 0 atom stereocenters. The number of hydrogen-bond acceptors (Lipinski definition) is 5. The zero-order chi connectivity index (χ0) is 24.9. The molecule has 1 aliphatic rings. The van der Waals surface area contributed by atoms with Gasteiger partial charge in [-0.3, -0.25) is 14.2 Å². The standard InChI is InChI=1S/C26H24ClN3O4S/c1-15-5-4-6-17(11-15)28-21(31)13-29-24-22(19-12-26(2,3)34-14-20(19)35-24)23(32)30(25(29)33)18-9-7-16(27)8-10-18/h4-11H,12-14H2,1-3H3,(H,28,31). The van der Waals surface area contributed by atoms with Gasteiger partial charge in [-0.1, -0.05) is 23.7 Å². The first-order valence-electron chi connectivity index (χ1n) is 11.2. The third-order valence-corrected chi connectivity index (χ3v) is 7.52. The molecule has 0 radical (unpaired) electrons. The number of aromatic nitrogens is 2. The van der Waals surface area contributed by atoms with Crippen LogP contribution in [0.3, 0.4) is 0 Å². The minimum Gasteiger partial charge on any atom is -0.370 e. The maximum atomic E-state index is 13.7. The van der Waals surface area contributed by atoms with Crippen LogP contribution in [0, 0.1) is 6.92 Å². The van der Waals surface area contributed by atoms with Gasteiger partial charge in [0.05, 0.1) is 23.3 Å². The Balaban J connectivity index is 1.69. The summed E-state index contributed by atoms with van der Waals surface area (Å²) in [4.78, 5) is 41.8. The summed E-state index contributed by atoms with van der Waals surface area (Å²) in [6, 6.07) is 13.9. The highest BCUT2D eigenvalue weighted by atomic mass is 35.5. The molecule has 4 aromatic rings. The monoisotopic (exact) mass is 509 g/mol. The summed E-state index contributed by atoms with van der Waals surface area (Å²) in [5.41, 5.74) is 1.49. The van der Waals surface area contributed by atoms with E-state index in [4.69, 9.17) is 16.3 Å². The summed E-state index contributed by atoms with van der Waals surface area (Å²) in [7, 11) is 0. The van der Waals surface area contributed by atoms with Gasteiger partial charge < -0.3 is 10.1 Å². The van der Waals surface area contributed by atoms with Gasteiger partial charge in [-0.05, 0) is 68.3 Å². The van der Waals surface area contributed by atoms with E-state index in [1.165, 1.54) is 15.9 Å². The van der Waals surface area contributed by atoms with Crippen LogP contribution in [-0.4, -0.2) is 20.6 Å². The lowest BCUT2D eigenvalue weighted by Crippen LogP contribution is -2.41. The maximum absolute atomic E-state index is 13.7. The second-order valence-electron chi connectivity index (χ2n) is 9.31. The van der Waals surface area contributed by atoms with E-state index in [1.807, 2.05) is 39.0 Å². The third kappa shape index (κ3) is 4.45. The SMILES string of the molecule is Cc1cccc(NC(=O)Cn2c(=O)n(-c3ccc(Cl)cc3)c(=O)c3c4c(sc32)COC(C)(C)C4)c1. The number of halogens is 1. The molecule has 35 heavy (non-hydrogen) atoms. The van der Waals surface area contributed by atoms with Crippen LogP contribution in [0.4, 0.5) is 5.69 Å². The molecule has 180 valence electrons.